The number of carboxylic acid groups (broad SMARTS) is 1. The zero-order valence-corrected chi connectivity index (χ0v) is 13.8. The van der Waals surface area contributed by atoms with Crippen molar-refractivity contribution in [2.75, 3.05) is 4.72 Å². The average Bonchev–Trinajstić information content (AvgIpc) is 3.00. The summed E-state index contributed by atoms with van der Waals surface area (Å²) in [5, 5.41) is 9.36. The minimum Gasteiger partial charge on any atom is -0.477 e. The number of rotatable bonds is 5. The maximum atomic E-state index is 12.3. The molecule has 2 aromatic carbocycles. The van der Waals surface area contributed by atoms with Crippen molar-refractivity contribution in [1.29, 1.82) is 0 Å². The normalized spacial score (nSPS) is 11.2. The molecule has 0 saturated carbocycles. The van der Waals surface area contributed by atoms with Crippen molar-refractivity contribution in [1.82, 2.24) is 4.98 Å². The van der Waals surface area contributed by atoms with Gasteiger partial charge in [-0.1, -0.05) is 59.9 Å². The van der Waals surface area contributed by atoms with Gasteiger partial charge < -0.3 is 5.11 Å². The van der Waals surface area contributed by atoms with Crippen LogP contribution in [0.25, 0.3) is 11.3 Å². The fraction of sp³-hybridized carbons (Fsp3) is 0. The number of aromatic carboxylic acids is 1. The van der Waals surface area contributed by atoms with Crippen molar-refractivity contribution in [2.24, 2.45) is 0 Å². The molecule has 0 saturated heterocycles. The highest BCUT2D eigenvalue weighted by atomic mass is 32.2. The quantitative estimate of drug-likeness (QED) is 0.728. The van der Waals surface area contributed by atoms with E-state index in [0.29, 0.717) is 5.56 Å². The molecule has 0 aliphatic carbocycles. The molecule has 0 atom stereocenters. The van der Waals surface area contributed by atoms with Crippen molar-refractivity contribution in [3.63, 3.8) is 0 Å². The topological polar surface area (TPSA) is 96.4 Å². The molecule has 0 aliphatic rings. The number of thiazole rings is 1. The first-order valence-electron chi connectivity index (χ1n) is 6.85. The van der Waals surface area contributed by atoms with Gasteiger partial charge in [-0.15, -0.1) is 0 Å². The van der Waals surface area contributed by atoms with Crippen molar-refractivity contribution in [3.05, 3.63) is 65.5 Å². The minimum atomic E-state index is -3.82. The van der Waals surface area contributed by atoms with Gasteiger partial charge in [-0.2, -0.15) is 0 Å². The molecule has 0 amide bonds. The molecule has 3 aromatic rings. The average molecular weight is 360 g/mol. The number of hydrogen-bond acceptors (Lipinski definition) is 5. The molecule has 0 spiro atoms. The summed E-state index contributed by atoms with van der Waals surface area (Å²) in [5.41, 5.74) is 0.843. The number of anilines is 1. The molecule has 122 valence electrons. The molecule has 0 bridgehead atoms. The number of sulfonamides is 1. The van der Waals surface area contributed by atoms with Gasteiger partial charge in [-0.25, -0.2) is 18.2 Å². The zero-order chi connectivity index (χ0) is 17.2. The molecule has 0 aliphatic heterocycles. The lowest BCUT2D eigenvalue weighted by molar-refractivity contribution is 0.0702. The molecule has 8 heteroatoms. The maximum Gasteiger partial charge on any atom is 0.348 e. The van der Waals surface area contributed by atoms with Gasteiger partial charge in [0.25, 0.3) is 10.0 Å². The number of benzene rings is 2. The number of hydrogen-bond donors (Lipinski definition) is 2. The summed E-state index contributed by atoms with van der Waals surface area (Å²) in [5.74, 6) is -1.16. The monoisotopic (exact) mass is 360 g/mol. The van der Waals surface area contributed by atoms with Crippen LogP contribution in [0.15, 0.2) is 65.6 Å². The lowest BCUT2D eigenvalue weighted by Crippen LogP contribution is -2.12. The van der Waals surface area contributed by atoms with Crippen LogP contribution in [-0.2, 0) is 10.0 Å². The van der Waals surface area contributed by atoms with Gasteiger partial charge in [-0.05, 0) is 12.1 Å². The lowest BCUT2D eigenvalue weighted by atomic mass is 10.1. The fourth-order valence-corrected chi connectivity index (χ4v) is 4.16. The summed E-state index contributed by atoms with van der Waals surface area (Å²) in [6.07, 6.45) is 0. The zero-order valence-electron chi connectivity index (χ0n) is 12.2. The number of nitrogens with one attached hydrogen (secondary N) is 1. The van der Waals surface area contributed by atoms with Crippen molar-refractivity contribution in [3.8, 4) is 11.3 Å². The first-order chi connectivity index (χ1) is 11.5. The Labute approximate surface area is 142 Å². The molecule has 0 fully saturated rings. The summed E-state index contributed by atoms with van der Waals surface area (Å²) in [4.78, 5) is 15.7. The van der Waals surface area contributed by atoms with Gasteiger partial charge in [0.1, 0.15) is 4.88 Å². The molecule has 24 heavy (non-hydrogen) atoms. The highest BCUT2D eigenvalue weighted by molar-refractivity contribution is 7.93. The summed E-state index contributed by atoms with van der Waals surface area (Å²) in [7, 11) is -3.82. The fourth-order valence-electron chi connectivity index (χ4n) is 2.07. The van der Waals surface area contributed by atoms with Crippen LogP contribution in [0, 0.1) is 0 Å². The van der Waals surface area contributed by atoms with Crippen LogP contribution in [0.5, 0.6) is 0 Å². The molecule has 1 heterocycles. The highest BCUT2D eigenvalue weighted by Gasteiger charge is 2.22. The first-order valence-corrected chi connectivity index (χ1v) is 9.15. The van der Waals surface area contributed by atoms with Crippen LogP contribution < -0.4 is 4.72 Å². The maximum absolute atomic E-state index is 12.3. The molecule has 0 unspecified atom stereocenters. The number of nitrogens with zero attached hydrogens (tertiary/aromatic N) is 1. The van der Waals surface area contributed by atoms with Crippen LogP contribution in [0.3, 0.4) is 0 Å². The van der Waals surface area contributed by atoms with Crippen molar-refractivity contribution in [2.45, 2.75) is 4.90 Å². The largest absolute Gasteiger partial charge is 0.477 e. The number of carbonyl (C=O) groups is 1. The van der Waals surface area contributed by atoms with Gasteiger partial charge in [0.15, 0.2) is 5.13 Å². The Hall–Kier alpha value is -2.71. The third-order valence-corrected chi connectivity index (χ3v) is 5.59. The Kier molecular flexibility index (Phi) is 4.32. The first kappa shape index (κ1) is 16.2. The Bertz CT molecular complexity index is 968. The van der Waals surface area contributed by atoms with E-state index < -0.39 is 16.0 Å². The smallest absolute Gasteiger partial charge is 0.348 e. The molecular weight excluding hydrogens is 348 g/mol. The Morgan fingerprint density at radius 2 is 1.58 bits per heavy atom. The summed E-state index contributed by atoms with van der Waals surface area (Å²) < 4.78 is 27.0. The summed E-state index contributed by atoms with van der Waals surface area (Å²) in [6.45, 7) is 0. The van der Waals surface area contributed by atoms with Gasteiger partial charge in [0.05, 0.1) is 10.6 Å². The summed E-state index contributed by atoms with van der Waals surface area (Å²) in [6, 6.07) is 16.6. The van der Waals surface area contributed by atoms with E-state index in [1.54, 1.807) is 48.5 Å². The molecular formula is C16H12N2O4S2. The molecule has 0 radical (unpaired) electrons. The van der Waals surface area contributed by atoms with Crippen LogP contribution in [0.1, 0.15) is 9.67 Å². The van der Waals surface area contributed by atoms with E-state index in [-0.39, 0.29) is 20.6 Å². The minimum absolute atomic E-state index is 0.00936. The van der Waals surface area contributed by atoms with Gasteiger partial charge >= 0.3 is 5.97 Å². The third kappa shape index (κ3) is 3.29. The van der Waals surface area contributed by atoms with Crippen LogP contribution >= 0.6 is 11.3 Å². The van der Waals surface area contributed by atoms with E-state index in [0.717, 1.165) is 11.3 Å². The third-order valence-electron chi connectivity index (χ3n) is 3.14. The van der Waals surface area contributed by atoms with E-state index >= 15 is 0 Å². The van der Waals surface area contributed by atoms with Crippen molar-refractivity contribution < 1.29 is 18.3 Å². The lowest BCUT2D eigenvalue weighted by Gasteiger charge is -2.04. The second-order valence-electron chi connectivity index (χ2n) is 4.79. The Balaban J connectivity index is 2.00. The predicted molar refractivity (Wildman–Crippen MR) is 91.8 cm³/mol. The van der Waals surface area contributed by atoms with Crippen LogP contribution in [0.4, 0.5) is 5.13 Å². The van der Waals surface area contributed by atoms with E-state index in [1.807, 2.05) is 0 Å². The van der Waals surface area contributed by atoms with Crippen LogP contribution in [-0.4, -0.2) is 24.5 Å². The van der Waals surface area contributed by atoms with E-state index in [9.17, 15) is 18.3 Å². The highest BCUT2D eigenvalue weighted by Crippen LogP contribution is 2.32. The molecule has 1 aromatic heterocycles. The molecule has 3 rings (SSSR count). The number of carboxylic acids is 1. The SMILES string of the molecule is O=C(O)c1sc(NS(=O)(=O)c2ccccc2)nc1-c1ccccc1. The summed E-state index contributed by atoms with van der Waals surface area (Å²) >= 11 is 0.783. The van der Waals surface area contributed by atoms with Gasteiger partial charge in [0.2, 0.25) is 0 Å². The second-order valence-corrected chi connectivity index (χ2v) is 7.47. The number of aromatic nitrogens is 1. The second kappa shape index (κ2) is 6.42. The van der Waals surface area contributed by atoms with Gasteiger partial charge in [0, 0.05) is 5.56 Å². The van der Waals surface area contributed by atoms with Crippen molar-refractivity contribution >= 4 is 32.5 Å². The van der Waals surface area contributed by atoms with E-state index in [2.05, 4.69) is 9.71 Å². The van der Waals surface area contributed by atoms with E-state index in [4.69, 9.17) is 0 Å². The van der Waals surface area contributed by atoms with E-state index in [1.165, 1.54) is 12.1 Å². The van der Waals surface area contributed by atoms with Crippen LogP contribution in [0.2, 0.25) is 0 Å². The predicted octanol–water partition coefficient (Wildman–Crippen LogP) is 3.31. The van der Waals surface area contributed by atoms with Gasteiger partial charge in [-0.3, -0.25) is 4.72 Å². The molecule has 6 nitrogen and oxygen atoms in total. The standard InChI is InChI=1S/C16H12N2O4S2/c19-15(20)14-13(11-7-3-1-4-8-11)17-16(23-14)18-24(21,22)12-9-5-2-6-10-12/h1-10H,(H,17,18)(H,19,20). The Morgan fingerprint density at radius 1 is 1.00 bits per heavy atom. The Morgan fingerprint density at radius 3 is 2.17 bits per heavy atom. The molecule has 2 N–H and O–H groups in total.